The number of hydrogen-bond donors (Lipinski definition) is 0. The van der Waals surface area contributed by atoms with Crippen LogP contribution in [0.4, 0.5) is 0 Å². The van der Waals surface area contributed by atoms with Crippen molar-refractivity contribution < 1.29 is 33.3 Å². The summed E-state index contributed by atoms with van der Waals surface area (Å²) in [5, 5.41) is 0. The number of epoxide rings is 1. The summed E-state index contributed by atoms with van der Waals surface area (Å²) in [7, 11) is 2.41. The van der Waals surface area contributed by atoms with Crippen molar-refractivity contribution in [3.8, 4) is 0 Å². The number of benzene rings is 1. The van der Waals surface area contributed by atoms with E-state index in [1.807, 2.05) is 0 Å². The van der Waals surface area contributed by atoms with Crippen molar-refractivity contribution in [1.82, 2.24) is 0 Å². The number of esters is 3. The van der Waals surface area contributed by atoms with Crippen LogP contribution in [0.2, 0.25) is 0 Å². The van der Waals surface area contributed by atoms with E-state index in [0.717, 1.165) is 0 Å². The molecule has 0 aromatic heterocycles. The van der Waals surface area contributed by atoms with Gasteiger partial charge < -0.3 is 18.9 Å². The van der Waals surface area contributed by atoms with Gasteiger partial charge in [0.1, 0.15) is 0 Å². The van der Waals surface area contributed by atoms with Gasteiger partial charge in [0, 0.05) is 5.56 Å². The molecule has 7 heteroatoms. The highest BCUT2D eigenvalue weighted by Crippen LogP contribution is 2.35. The van der Waals surface area contributed by atoms with Gasteiger partial charge in [-0.05, 0) is 0 Å². The van der Waals surface area contributed by atoms with Crippen LogP contribution >= 0.6 is 0 Å². The predicted octanol–water partition coefficient (Wildman–Crippen LogP) is 0.776. The lowest BCUT2D eigenvalue weighted by Gasteiger charge is -2.18. The topological polar surface area (TPSA) is 91.4 Å². The lowest BCUT2D eigenvalue weighted by Crippen LogP contribution is -2.33. The Balaban J connectivity index is 2.13. The standard InChI is InChI=1S/C15H16O7/c1-19-11(16)8-15(9-21-15)14(18)22-12(13(17)20-2)10-6-4-3-5-7-10/h3-7,12H,8-9H2,1-2H3/t12-,15-/m0/s1. The molecule has 1 aromatic rings. The summed E-state index contributed by atoms with van der Waals surface area (Å²) in [6.07, 6.45) is -1.47. The molecule has 1 aromatic carbocycles. The molecular formula is C15H16O7. The number of methoxy groups -OCH3 is 2. The van der Waals surface area contributed by atoms with Crippen LogP contribution in [0.25, 0.3) is 0 Å². The normalized spacial score (nSPS) is 20.6. The van der Waals surface area contributed by atoms with E-state index in [1.165, 1.54) is 14.2 Å². The predicted molar refractivity (Wildman–Crippen MR) is 72.6 cm³/mol. The fraction of sp³-hybridized carbons (Fsp3) is 0.400. The first-order chi connectivity index (χ1) is 10.5. The third-order valence-electron chi connectivity index (χ3n) is 3.26. The molecule has 1 heterocycles. The zero-order valence-corrected chi connectivity index (χ0v) is 12.2. The van der Waals surface area contributed by atoms with Gasteiger partial charge in [-0.3, -0.25) is 4.79 Å². The highest BCUT2D eigenvalue weighted by atomic mass is 16.7. The molecule has 0 bridgehead atoms. The minimum atomic E-state index is -1.37. The average molecular weight is 308 g/mol. The molecule has 1 saturated heterocycles. The largest absolute Gasteiger partial charge is 0.469 e. The summed E-state index contributed by atoms with van der Waals surface area (Å²) in [5.74, 6) is -2.10. The number of ether oxygens (including phenoxy) is 4. The maximum Gasteiger partial charge on any atom is 0.351 e. The van der Waals surface area contributed by atoms with Crippen LogP contribution in [0.1, 0.15) is 18.1 Å². The zero-order valence-electron chi connectivity index (χ0n) is 12.2. The van der Waals surface area contributed by atoms with Crippen LogP contribution in [0, 0.1) is 0 Å². The van der Waals surface area contributed by atoms with Crippen molar-refractivity contribution in [3.63, 3.8) is 0 Å². The Hall–Kier alpha value is -2.41. The van der Waals surface area contributed by atoms with Crippen LogP contribution in [-0.4, -0.2) is 44.3 Å². The van der Waals surface area contributed by atoms with E-state index in [2.05, 4.69) is 9.47 Å². The summed E-state index contributed by atoms with van der Waals surface area (Å²) < 4.78 is 19.4. The van der Waals surface area contributed by atoms with Crippen molar-refractivity contribution in [2.24, 2.45) is 0 Å². The highest BCUT2D eigenvalue weighted by molar-refractivity contribution is 5.90. The van der Waals surface area contributed by atoms with Gasteiger partial charge in [0.05, 0.1) is 27.2 Å². The highest BCUT2D eigenvalue weighted by Gasteiger charge is 2.56. The van der Waals surface area contributed by atoms with E-state index in [0.29, 0.717) is 5.56 Å². The van der Waals surface area contributed by atoms with Gasteiger partial charge in [-0.25, -0.2) is 9.59 Å². The van der Waals surface area contributed by atoms with Crippen molar-refractivity contribution in [2.75, 3.05) is 20.8 Å². The lowest BCUT2D eigenvalue weighted by molar-refractivity contribution is -0.171. The Kier molecular flexibility index (Phi) is 4.77. The van der Waals surface area contributed by atoms with E-state index < -0.39 is 29.6 Å². The van der Waals surface area contributed by atoms with Crippen LogP contribution < -0.4 is 0 Å². The van der Waals surface area contributed by atoms with Gasteiger partial charge in [0.2, 0.25) is 6.10 Å². The Bertz CT molecular complexity index is 563. The minimum Gasteiger partial charge on any atom is -0.469 e. The minimum absolute atomic E-state index is 0.0453. The summed E-state index contributed by atoms with van der Waals surface area (Å²) in [6, 6.07) is 8.45. The lowest BCUT2D eigenvalue weighted by atomic mass is 10.1. The molecule has 0 saturated carbocycles. The van der Waals surface area contributed by atoms with Crippen LogP contribution in [0.5, 0.6) is 0 Å². The fourth-order valence-electron chi connectivity index (χ4n) is 1.89. The van der Waals surface area contributed by atoms with Crippen LogP contribution in [-0.2, 0) is 33.3 Å². The van der Waals surface area contributed by atoms with E-state index >= 15 is 0 Å². The molecule has 118 valence electrons. The zero-order chi connectivity index (χ0) is 16.2. The molecular weight excluding hydrogens is 292 g/mol. The van der Waals surface area contributed by atoms with Gasteiger partial charge in [-0.2, -0.15) is 0 Å². The third kappa shape index (κ3) is 3.43. The number of hydrogen-bond acceptors (Lipinski definition) is 7. The first kappa shape index (κ1) is 16.0. The molecule has 0 N–H and O–H groups in total. The van der Waals surface area contributed by atoms with Crippen LogP contribution in [0.3, 0.4) is 0 Å². The fourth-order valence-corrected chi connectivity index (χ4v) is 1.89. The van der Waals surface area contributed by atoms with E-state index in [9.17, 15) is 14.4 Å². The first-order valence-electron chi connectivity index (χ1n) is 6.57. The van der Waals surface area contributed by atoms with Crippen molar-refractivity contribution >= 4 is 17.9 Å². The molecule has 1 aliphatic heterocycles. The Labute approximate surface area is 127 Å². The Morgan fingerprint density at radius 2 is 1.82 bits per heavy atom. The van der Waals surface area contributed by atoms with Crippen molar-refractivity contribution in [2.45, 2.75) is 18.1 Å². The van der Waals surface area contributed by atoms with Gasteiger partial charge in [0.25, 0.3) is 0 Å². The summed E-state index contributed by atoms with van der Waals surface area (Å²) >= 11 is 0. The molecule has 0 spiro atoms. The monoisotopic (exact) mass is 308 g/mol. The molecule has 7 nitrogen and oxygen atoms in total. The SMILES string of the molecule is COC(=O)C[C@@]1(C(=O)O[C@H](C(=O)OC)c2ccccc2)CO1. The number of carbonyl (C=O) groups excluding carboxylic acids is 3. The van der Waals surface area contributed by atoms with Gasteiger partial charge in [0.15, 0.2) is 5.60 Å². The molecule has 2 atom stereocenters. The number of carbonyl (C=O) groups is 3. The van der Waals surface area contributed by atoms with Gasteiger partial charge >= 0.3 is 17.9 Å². The van der Waals surface area contributed by atoms with E-state index in [4.69, 9.17) is 9.47 Å². The molecule has 1 fully saturated rings. The van der Waals surface area contributed by atoms with Crippen molar-refractivity contribution in [1.29, 1.82) is 0 Å². The second-order valence-corrected chi connectivity index (χ2v) is 4.76. The molecule has 1 aliphatic rings. The third-order valence-corrected chi connectivity index (χ3v) is 3.26. The number of rotatable bonds is 6. The maximum atomic E-state index is 12.2. The Morgan fingerprint density at radius 3 is 2.32 bits per heavy atom. The molecule has 0 unspecified atom stereocenters. The first-order valence-corrected chi connectivity index (χ1v) is 6.57. The second-order valence-electron chi connectivity index (χ2n) is 4.76. The van der Waals surface area contributed by atoms with E-state index in [1.54, 1.807) is 30.3 Å². The molecule has 0 radical (unpaired) electrons. The average Bonchev–Trinajstić information content (AvgIpc) is 3.33. The second kappa shape index (κ2) is 6.57. The van der Waals surface area contributed by atoms with Crippen LogP contribution in [0.15, 0.2) is 30.3 Å². The van der Waals surface area contributed by atoms with E-state index in [-0.39, 0.29) is 13.0 Å². The maximum absolute atomic E-state index is 12.2. The molecule has 0 aliphatic carbocycles. The molecule has 2 rings (SSSR count). The van der Waals surface area contributed by atoms with Crippen molar-refractivity contribution in [3.05, 3.63) is 35.9 Å². The smallest absolute Gasteiger partial charge is 0.351 e. The quantitative estimate of drug-likeness (QED) is 0.435. The summed E-state index contributed by atoms with van der Waals surface area (Å²) in [5.41, 5.74) is -0.898. The summed E-state index contributed by atoms with van der Waals surface area (Å²) in [6.45, 7) is 0.0453. The summed E-state index contributed by atoms with van der Waals surface area (Å²) in [4.78, 5) is 35.4. The Morgan fingerprint density at radius 1 is 1.18 bits per heavy atom. The van der Waals surface area contributed by atoms with Gasteiger partial charge in [-0.1, -0.05) is 30.3 Å². The molecule has 22 heavy (non-hydrogen) atoms. The molecule has 0 amide bonds. The van der Waals surface area contributed by atoms with Gasteiger partial charge in [-0.15, -0.1) is 0 Å².